The molecule has 0 fully saturated rings. The van der Waals surface area contributed by atoms with Crippen molar-refractivity contribution in [1.29, 1.82) is 0 Å². The normalized spacial score (nSPS) is 12.9. The summed E-state index contributed by atoms with van der Waals surface area (Å²) >= 11 is 3.44. The number of hydrogen-bond acceptors (Lipinski definition) is 3. The molecule has 0 aromatic heterocycles. The number of benzene rings is 1. The van der Waals surface area contributed by atoms with Crippen molar-refractivity contribution in [3.05, 3.63) is 34.3 Å². The molecule has 1 aromatic rings. The topological polar surface area (TPSA) is 23.6 Å². The Labute approximate surface area is 131 Å². The SMILES string of the molecule is CCN(CCC(=O)c1ccccc1Br)C(C)CN(C)C. The molecule has 0 radical (unpaired) electrons. The molecular formula is C16H25BrN2O. The number of halogens is 1. The van der Waals surface area contributed by atoms with E-state index in [-0.39, 0.29) is 5.78 Å². The highest BCUT2D eigenvalue weighted by molar-refractivity contribution is 9.10. The zero-order valence-corrected chi connectivity index (χ0v) is 14.5. The molecule has 20 heavy (non-hydrogen) atoms. The minimum absolute atomic E-state index is 0.202. The summed E-state index contributed by atoms with van der Waals surface area (Å²) in [6.45, 7) is 7.16. The van der Waals surface area contributed by atoms with Crippen molar-refractivity contribution < 1.29 is 4.79 Å². The van der Waals surface area contributed by atoms with Crippen molar-refractivity contribution in [2.75, 3.05) is 33.7 Å². The van der Waals surface area contributed by atoms with Crippen LogP contribution in [0.25, 0.3) is 0 Å². The number of carbonyl (C=O) groups is 1. The predicted octanol–water partition coefficient (Wildman–Crippen LogP) is 3.29. The average molecular weight is 341 g/mol. The van der Waals surface area contributed by atoms with Gasteiger partial charge in [0.2, 0.25) is 0 Å². The summed E-state index contributed by atoms with van der Waals surface area (Å²) in [4.78, 5) is 16.8. The van der Waals surface area contributed by atoms with Gasteiger partial charge in [-0.15, -0.1) is 0 Å². The van der Waals surface area contributed by atoms with Gasteiger partial charge in [-0.3, -0.25) is 9.69 Å². The largest absolute Gasteiger partial charge is 0.308 e. The van der Waals surface area contributed by atoms with Crippen LogP contribution in [-0.2, 0) is 0 Å². The highest BCUT2D eigenvalue weighted by Crippen LogP contribution is 2.17. The van der Waals surface area contributed by atoms with Crippen LogP contribution in [-0.4, -0.2) is 55.4 Å². The molecule has 1 rings (SSSR count). The lowest BCUT2D eigenvalue weighted by atomic mass is 10.1. The van der Waals surface area contributed by atoms with Gasteiger partial charge in [-0.25, -0.2) is 0 Å². The monoisotopic (exact) mass is 340 g/mol. The quantitative estimate of drug-likeness (QED) is 0.678. The van der Waals surface area contributed by atoms with Crippen LogP contribution in [0.1, 0.15) is 30.6 Å². The fraction of sp³-hybridized carbons (Fsp3) is 0.562. The van der Waals surface area contributed by atoms with Gasteiger partial charge in [-0.1, -0.05) is 41.1 Å². The van der Waals surface area contributed by atoms with Gasteiger partial charge in [0.1, 0.15) is 0 Å². The number of hydrogen-bond donors (Lipinski definition) is 0. The van der Waals surface area contributed by atoms with E-state index in [0.29, 0.717) is 12.5 Å². The van der Waals surface area contributed by atoms with Crippen LogP contribution in [0.3, 0.4) is 0 Å². The van der Waals surface area contributed by atoms with Gasteiger partial charge in [0, 0.05) is 35.6 Å². The third-order valence-corrected chi connectivity index (χ3v) is 4.15. The number of ketones is 1. The molecule has 112 valence electrons. The lowest BCUT2D eigenvalue weighted by molar-refractivity contribution is 0.0948. The lowest BCUT2D eigenvalue weighted by Crippen LogP contribution is -2.41. The van der Waals surface area contributed by atoms with Crippen LogP contribution < -0.4 is 0 Å². The predicted molar refractivity (Wildman–Crippen MR) is 88.4 cm³/mol. The first-order valence-corrected chi connectivity index (χ1v) is 7.91. The Balaban J connectivity index is 2.56. The number of likely N-dealkylation sites (N-methyl/N-ethyl adjacent to an activating group) is 2. The van der Waals surface area contributed by atoms with Crippen LogP contribution in [0.5, 0.6) is 0 Å². The van der Waals surface area contributed by atoms with E-state index in [4.69, 9.17) is 0 Å². The van der Waals surface area contributed by atoms with Crippen molar-refractivity contribution in [2.45, 2.75) is 26.3 Å². The molecule has 1 aromatic carbocycles. The fourth-order valence-corrected chi connectivity index (χ4v) is 2.91. The lowest BCUT2D eigenvalue weighted by Gasteiger charge is -2.29. The van der Waals surface area contributed by atoms with Crippen LogP contribution >= 0.6 is 15.9 Å². The van der Waals surface area contributed by atoms with Crippen molar-refractivity contribution in [2.24, 2.45) is 0 Å². The van der Waals surface area contributed by atoms with E-state index in [1.54, 1.807) is 0 Å². The highest BCUT2D eigenvalue weighted by atomic mass is 79.9. The van der Waals surface area contributed by atoms with Crippen molar-refractivity contribution in [3.63, 3.8) is 0 Å². The van der Waals surface area contributed by atoms with Crippen LogP contribution in [0.2, 0.25) is 0 Å². The molecule has 0 amide bonds. The first-order chi connectivity index (χ1) is 9.45. The summed E-state index contributed by atoms with van der Waals surface area (Å²) < 4.78 is 0.884. The molecule has 0 aliphatic rings. The molecule has 0 aliphatic carbocycles. The Hall–Kier alpha value is -0.710. The maximum Gasteiger partial charge on any atom is 0.165 e. The molecule has 0 spiro atoms. The zero-order chi connectivity index (χ0) is 15.1. The Bertz CT molecular complexity index is 434. The van der Waals surface area contributed by atoms with Gasteiger partial charge in [0.15, 0.2) is 5.78 Å². The minimum Gasteiger partial charge on any atom is -0.308 e. The second-order valence-corrected chi connectivity index (χ2v) is 6.25. The summed E-state index contributed by atoms with van der Waals surface area (Å²) in [5, 5.41) is 0. The molecule has 4 heteroatoms. The first-order valence-electron chi connectivity index (χ1n) is 7.12. The van der Waals surface area contributed by atoms with E-state index < -0.39 is 0 Å². The zero-order valence-electron chi connectivity index (χ0n) is 12.9. The van der Waals surface area contributed by atoms with Crippen molar-refractivity contribution in [3.8, 4) is 0 Å². The van der Waals surface area contributed by atoms with Gasteiger partial charge < -0.3 is 4.90 Å². The van der Waals surface area contributed by atoms with Gasteiger partial charge in [-0.05, 0) is 33.6 Å². The summed E-state index contributed by atoms with van der Waals surface area (Å²) in [5.41, 5.74) is 0.781. The second kappa shape index (κ2) is 8.55. The van der Waals surface area contributed by atoms with Crippen molar-refractivity contribution >= 4 is 21.7 Å². The molecule has 3 nitrogen and oxygen atoms in total. The molecule has 0 saturated heterocycles. The molecular weight excluding hydrogens is 316 g/mol. The number of carbonyl (C=O) groups excluding carboxylic acids is 1. The Kier molecular flexibility index (Phi) is 7.41. The maximum atomic E-state index is 12.3. The third kappa shape index (κ3) is 5.35. The van der Waals surface area contributed by atoms with E-state index in [9.17, 15) is 4.79 Å². The van der Waals surface area contributed by atoms with Gasteiger partial charge in [0.25, 0.3) is 0 Å². The van der Waals surface area contributed by atoms with Crippen molar-refractivity contribution in [1.82, 2.24) is 9.80 Å². The minimum atomic E-state index is 0.202. The smallest absolute Gasteiger partial charge is 0.165 e. The van der Waals surface area contributed by atoms with E-state index in [1.165, 1.54) is 0 Å². The Morgan fingerprint density at radius 2 is 1.95 bits per heavy atom. The summed E-state index contributed by atoms with van der Waals surface area (Å²) in [6.07, 6.45) is 0.564. The molecule has 0 aliphatic heterocycles. The summed E-state index contributed by atoms with van der Waals surface area (Å²) in [6, 6.07) is 8.09. The van der Waals surface area contributed by atoms with Crippen LogP contribution in [0.15, 0.2) is 28.7 Å². The molecule has 0 heterocycles. The highest BCUT2D eigenvalue weighted by Gasteiger charge is 2.16. The van der Waals surface area contributed by atoms with Gasteiger partial charge in [0.05, 0.1) is 0 Å². The van der Waals surface area contributed by atoms with Crippen LogP contribution in [0, 0.1) is 0 Å². The summed E-state index contributed by atoms with van der Waals surface area (Å²) in [5.74, 6) is 0.202. The molecule has 1 atom stereocenters. The van der Waals surface area contributed by atoms with E-state index >= 15 is 0 Å². The molecule has 0 bridgehead atoms. The second-order valence-electron chi connectivity index (χ2n) is 5.39. The average Bonchev–Trinajstić information content (AvgIpc) is 2.38. The number of rotatable bonds is 8. The number of Topliss-reactive ketones (excluding diaryl/α,β-unsaturated/α-hetero) is 1. The first kappa shape index (κ1) is 17.3. The fourth-order valence-electron chi connectivity index (χ4n) is 2.40. The number of nitrogens with zero attached hydrogens (tertiary/aromatic N) is 2. The maximum absolute atomic E-state index is 12.3. The van der Waals surface area contributed by atoms with E-state index in [0.717, 1.165) is 29.7 Å². The Morgan fingerprint density at radius 3 is 2.50 bits per heavy atom. The van der Waals surface area contributed by atoms with E-state index in [2.05, 4.69) is 53.7 Å². The van der Waals surface area contributed by atoms with Gasteiger partial charge >= 0.3 is 0 Å². The van der Waals surface area contributed by atoms with Gasteiger partial charge in [-0.2, -0.15) is 0 Å². The molecule has 0 saturated carbocycles. The third-order valence-electron chi connectivity index (χ3n) is 3.46. The molecule has 1 unspecified atom stereocenters. The summed E-state index contributed by atoms with van der Waals surface area (Å²) in [7, 11) is 4.16. The standard InChI is InChI=1S/C16H25BrN2O/c1-5-19(13(2)12-18(3)4)11-10-16(20)14-8-6-7-9-15(14)17/h6-9,13H,5,10-12H2,1-4H3. The van der Waals surface area contributed by atoms with E-state index in [1.807, 2.05) is 24.3 Å². The van der Waals surface area contributed by atoms with Crippen LogP contribution in [0.4, 0.5) is 0 Å². The Morgan fingerprint density at radius 1 is 1.30 bits per heavy atom. The molecule has 0 N–H and O–H groups in total.